The summed E-state index contributed by atoms with van der Waals surface area (Å²) in [5.41, 5.74) is 0. The molecular weight excluding hydrogens is 202 g/mol. The molecule has 0 aliphatic heterocycles. The highest BCUT2D eigenvalue weighted by Gasteiger charge is 2.17. The third kappa shape index (κ3) is 2.13. The lowest BCUT2D eigenvalue weighted by Gasteiger charge is -2.05. The number of imidazole rings is 1. The zero-order chi connectivity index (χ0) is 10.9. The molecule has 0 radical (unpaired) electrons. The number of aryl methyl sites for hydroxylation is 1. The van der Waals surface area contributed by atoms with E-state index in [0.717, 1.165) is 5.82 Å². The lowest BCUT2D eigenvalue weighted by atomic mass is 10.2. The smallest absolute Gasteiger partial charge is 0.257 e. The molecule has 5 nitrogen and oxygen atoms in total. The highest BCUT2D eigenvalue weighted by molar-refractivity contribution is 7.89. The fourth-order valence-corrected chi connectivity index (χ4v) is 1.75. The molecule has 0 amide bonds. The molecule has 0 saturated heterocycles. The molecule has 0 fully saturated rings. The second-order valence-corrected chi connectivity index (χ2v) is 4.93. The molecule has 0 saturated carbocycles. The highest BCUT2D eigenvalue weighted by atomic mass is 32.2. The van der Waals surface area contributed by atoms with Crippen LogP contribution in [0.25, 0.3) is 0 Å². The number of sulfonamides is 1. The van der Waals surface area contributed by atoms with E-state index in [1.54, 1.807) is 4.57 Å². The largest absolute Gasteiger partial charge is 0.334 e. The van der Waals surface area contributed by atoms with E-state index in [0.29, 0.717) is 6.54 Å². The fourth-order valence-electron chi connectivity index (χ4n) is 1.26. The Bertz CT molecular complexity index is 420. The number of hydrogen-bond donors (Lipinski definition) is 1. The first-order valence-electron chi connectivity index (χ1n) is 4.46. The molecule has 1 aromatic heterocycles. The van der Waals surface area contributed by atoms with Crippen LogP contribution in [0.1, 0.15) is 32.5 Å². The minimum absolute atomic E-state index is 0.0527. The van der Waals surface area contributed by atoms with Crippen molar-refractivity contribution in [1.82, 2.24) is 9.55 Å². The van der Waals surface area contributed by atoms with Crippen LogP contribution in [0.5, 0.6) is 0 Å². The van der Waals surface area contributed by atoms with Crippen LogP contribution in [0.3, 0.4) is 0 Å². The van der Waals surface area contributed by atoms with Gasteiger partial charge in [0.25, 0.3) is 10.0 Å². The van der Waals surface area contributed by atoms with Crippen molar-refractivity contribution in [3.05, 3.63) is 12.0 Å². The number of primary sulfonamides is 1. The van der Waals surface area contributed by atoms with Gasteiger partial charge in [0.1, 0.15) is 5.82 Å². The predicted molar refractivity (Wildman–Crippen MR) is 53.4 cm³/mol. The molecule has 0 spiro atoms. The minimum atomic E-state index is -3.68. The summed E-state index contributed by atoms with van der Waals surface area (Å²) in [6, 6.07) is 0. The molecule has 14 heavy (non-hydrogen) atoms. The second kappa shape index (κ2) is 3.70. The fraction of sp³-hybridized carbons (Fsp3) is 0.625. The van der Waals surface area contributed by atoms with Gasteiger partial charge in [-0.3, -0.25) is 0 Å². The Morgan fingerprint density at radius 3 is 2.43 bits per heavy atom. The minimum Gasteiger partial charge on any atom is -0.334 e. The first-order chi connectivity index (χ1) is 6.36. The molecule has 0 unspecified atom stereocenters. The van der Waals surface area contributed by atoms with Crippen LogP contribution in [-0.4, -0.2) is 18.0 Å². The lowest BCUT2D eigenvalue weighted by molar-refractivity contribution is 0.594. The Hall–Kier alpha value is -0.880. The number of nitrogens with two attached hydrogens (primary N) is 1. The van der Waals surface area contributed by atoms with Gasteiger partial charge in [-0.2, -0.15) is 0 Å². The average Bonchev–Trinajstić information content (AvgIpc) is 2.45. The Morgan fingerprint density at radius 2 is 2.14 bits per heavy atom. The van der Waals surface area contributed by atoms with Crippen LogP contribution in [0.4, 0.5) is 0 Å². The van der Waals surface area contributed by atoms with E-state index in [1.165, 1.54) is 6.20 Å². The predicted octanol–water partition coefficient (Wildman–Crippen LogP) is 0.674. The molecule has 1 aromatic rings. The van der Waals surface area contributed by atoms with Gasteiger partial charge < -0.3 is 4.57 Å². The Balaban J connectivity index is 3.27. The summed E-state index contributed by atoms with van der Waals surface area (Å²) in [5, 5.41) is 4.94. The Kier molecular flexibility index (Phi) is 2.96. The van der Waals surface area contributed by atoms with E-state index in [1.807, 2.05) is 20.8 Å². The van der Waals surface area contributed by atoms with Gasteiger partial charge in [-0.25, -0.2) is 18.5 Å². The van der Waals surface area contributed by atoms with Gasteiger partial charge in [0.2, 0.25) is 0 Å². The Morgan fingerprint density at radius 1 is 1.57 bits per heavy atom. The molecule has 2 N–H and O–H groups in total. The number of nitrogens with zero attached hydrogens (tertiary/aromatic N) is 2. The first-order valence-corrected chi connectivity index (χ1v) is 6.00. The lowest BCUT2D eigenvalue weighted by Crippen LogP contribution is -2.12. The van der Waals surface area contributed by atoms with Crippen LogP contribution in [0.2, 0.25) is 0 Å². The van der Waals surface area contributed by atoms with E-state index < -0.39 is 10.0 Å². The SMILES string of the molecule is CCn1cc(S(N)(=O)=O)nc1C(C)C. The van der Waals surface area contributed by atoms with Gasteiger partial charge in [0.05, 0.1) is 0 Å². The van der Waals surface area contributed by atoms with Crippen LogP contribution < -0.4 is 5.14 Å². The van der Waals surface area contributed by atoms with E-state index in [-0.39, 0.29) is 10.9 Å². The van der Waals surface area contributed by atoms with E-state index in [4.69, 9.17) is 5.14 Å². The van der Waals surface area contributed by atoms with E-state index in [9.17, 15) is 8.42 Å². The van der Waals surface area contributed by atoms with Crippen molar-refractivity contribution in [3.8, 4) is 0 Å². The van der Waals surface area contributed by atoms with Gasteiger partial charge in [0, 0.05) is 18.7 Å². The number of hydrogen-bond acceptors (Lipinski definition) is 3. The van der Waals surface area contributed by atoms with Crippen molar-refractivity contribution in [1.29, 1.82) is 0 Å². The second-order valence-electron chi connectivity index (χ2n) is 3.42. The van der Waals surface area contributed by atoms with Gasteiger partial charge in [0.15, 0.2) is 5.03 Å². The van der Waals surface area contributed by atoms with Gasteiger partial charge in [-0.05, 0) is 6.92 Å². The Labute approximate surface area is 84.0 Å². The summed E-state index contributed by atoms with van der Waals surface area (Å²) in [6.07, 6.45) is 1.48. The van der Waals surface area contributed by atoms with Crippen LogP contribution >= 0.6 is 0 Å². The molecule has 80 valence electrons. The normalized spacial score (nSPS) is 12.4. The number of rotatable bonds is 3. The van der Waals surface area contributed by atoms with Crippen molar-refractivity contribution in [2.45, 2.75) is 38.3 Å². The number of aromatic nitrogens is 2. The molecule has 0 aromatic carbocycles. The molecular formula is C8H15N3O2S. The van der Waals surface area contributed by atoms with Crippen LogP contribution in [-0.2, 0) is 16.6 Å². The molecule has 0 atom stereocenters. The summed E-state index contributed by atoms with van der Waals surface area (Å²) in [4.78, 5) is 4.00. The van der Waals surface area contributed by atoms with Crippen molar-refractivity contribution in [2.24, 2.45) is 5.14 Å². The van der Waals surface area contributed by atoms with Crippen LogP contribution in [0.15, 0.2) is 11.2 Å². The zero-order valence-electron chi connectivity index (χ0n) is 8.56. The van der Waals surface area contributed by atoms with Gasteiger partial charge >= 0.3 is 0 Å². The highest BCUT2D eigenvalue weighted by Crippen LogP contribution is 2.16. The maximum atomic E-state index is 11.0. The molecule has 0 aliphatic rings. The zero-order valence-corrected chi connectivity index (χ0v) is 9.37. The molecule has 1 heterocycles. The average molecular weight is 217 g/mol. The molecule has 6 heteroatoms. The maximum Gasteiger partial charge on any atom is 0.257 e. The maximum absolute atomic E-state index is 11.0. The topological polar surface area (TPSA) is 78.0 Å². The van der Waals surface area contributed by atoms with Crippen molar-refractivity contribution >= 4 is 10.0 Å². The monoisotopic (exact) mass is 217 g/mol. The quantitative estimate of drug-likeness (QED) is 0.808. The molecule has 1 rings (SSSR count). The van der Waals surface area contributed by atoms with E-state index in [2.05, 4.69) is 4.98 Å². The standard InChI is InChI=1S/C8H15N3O2S/c1-4-11-5-7(14(9,12)13)10-8(11)6(2)3/h5-6H,4H2,1-3H3,(H2,9,12,13). The summed E-state index contributed by atoms with van der Waals surface area (Å²) in [7, 11) is -3.68. The van der Waals surface area contributed by atoms with Crippen molar-refractivity contribution in [2.75, 3.05) is 0 Å². The summed E-state index contributed by atoms with van der Waals surface area (Å²) in [6.45, 7) is 6.54. The first kappa shape index (κ1) is 11.2. The summed E-state index contributed by atoms with van der Waals surface area (Å²) in [5.74, 6) is 0.932. The van der Waals surface area contributed by atoms with Crippen molar-refractivity contribution < 1.29 is 8.42 Å². The van der Waals surface area contributed by atoms with Gasteiger partial charge in [-0.1, -0.05) is 13.8 Å². The molecule has 0 bridgehead atoms. The van der Waals surface area contributed by atoms with Crippen molar-refractivity contribution in [3.63, 3.8) is 0 Å². The third-order valence-electron chi connectivity index (χ3n) is 1.93. The summed E-state index contributed by atoms with van der Waals surface area (Å²) < 4.78 is 23.9. The van der Waals surface area contributed by atoms with Gasteiger partial charge in [-0.15, -0.1) is 0 Å². The van der Waals surface area contributed by atoms with E-state index >= 15 is 0 Å². The molecule has 0 aliphatic carbocycles. The summed E-state index contributed by atoms with van der Waals surface area (Å²) >= 11 is 0. The van der Waals surface area contributed by atoms with Crippen LogP contribution in [0, 0.1) is 0 Å². The third-order valence-corrected chi connectivity index (χ3v) is 2.71.